The van der Waals surface area contributed by atoms with Gasteiger partial charge < -0.3 is 14.4 Å². The number of hydrogen-bond donors (Lipinski definition) is 0. The number of aromatic nitrogens is 2. The van der Waals surface area contributed by atoms with E-state index in [0.29, 0.717) is 0 Å². The zero-order chi connectivity index (χ0) is 56.8. The molecule has 1 aliphatic heterocycles. The van der Waals surface area contributed by atoms with E-state index in [2.05, 4.69) is 17.1 Å². The molecule has 0 saturated carbocycles. The minimum atomic E-state index is -3.06. The molecule has 9 aromatic rings. The smallest absolute Gasteiger partial charge is 0.135 e. The molecule has 1 aliphatic rings. The van der Waals surface area contributed by atoms with Crippen LogP contribution < -0.4 is 9.80 Å². The molecule has 286 valence electrons. The normalized spacial score (nSPS) is 17.9. The average Bonchev–Trinajstić information content (AvgIpc) is 4.20. The van der Waals surface area contributed by atoms with E-state index in [0.717, 1.165) is 5.56 Å². The fourth-order valence-electron chi connectivity index (χ4n) is 6.90. The SMILES string of the molecule is [2H]c1c(N2[CH-]N(c3c(-c4c([2H])c([2H])c([2H])c([2H])c4[2H])cccc3-c3c([2H])c([2H])c([2H])c([2H])c3[2H])c3ccccc32)[c-]c(C([2H])([2H])c2[c-]c3c(c([2H])c2[2H])c2c([2H])c([2H])c([2H])c([2H])c2n3-c2cc(C(C)(C)C)ccn2)c([2H])c1[2H].[Pt]. The molecule has 0 spiro atoms. The maximum absolute atomic E-state index is 9.80. The Morgan fingerprint density at radius 2 is 1.31 bits per heavy atom. The molecule has 3 heterocycles. The molecular formula is C53H41N4Pt-3. The molecule has 2 aromatic heterocycles. The first kappa shape index (κ1) is 20.5. The summed E-state index contributed by atoms with van der Waals surface area (Å²) in [5.41, 5.74) is -1.95. The van der Waals surface area contributed by atoms with E-state index >= 15 is 0 Å². The van der Waals surface area contributed by atoms with Gasteiger partial charge in [-0.2, -0.15) is 53.5 Å². The zero-order valence-corrected chi connectivity index (χ0v) is 33.2. The molecule has 0 amide bonds. The van der Waals surface area contributed by atoms with E-state index in [1.54, 1.807) is 36.4 Å². The van der Waals surface area contributed by atoms with Crippen molar-refractivity contribution >= 4 is 44.6 Å². The van der Waals surface area contributed by atoms with Gasteiger partial charge in [-0.25, -0.2) is 4.98 Å². The van der Waals surface area contributed by atoms with Crippen LogP contribution in [0, 0.1) is 18.8 Å². The van der Waals surface area contributed by atoms with Crippen LogP contribution in [0.4, 0.5) is 22.7 Å². The molecule has 7 aromatic carbocycles. The molecular weight excluding hydrogens is 888 g/mol. The largest absolute Gasteiger partial charge is 0.493 e. The Hall–Kier alpha value is -6.22. The second-order valence-corrected chi connectivity index (χ2v) is 14.1. The van der Waals surface area contributed by atoms with Gasteiger partial charge in [0.05, 0.1) is 19.2 Å². The van der Waals surface area contributed by atoms with Crippen molar-refractivity contribution in [3.8, 4) is 28.1 Å². The Labute approximate surface area is 384 Å². The van der Waals surface area contributed by atoms with Crippen LogP contribution in [0.1, 0.15) is 66.2 Å². The summed E-state index contributed by atoms with van der Waals surface area (Å²) in [5, 5.41) is -0.295. The quantitative estimate of drug-likeness (QED) is 0.149. The summed E-state index contributed by atoms with van der Waals surface area (Å²) in [6.07, 6.45) is -1.56. The number of hydrogen-bond acceptors (Lipinski definition) is 3. The molecule has 5 heteroatoms. The van der Waals surface area contributed by atoms with Crippen LogP contribution in [0.2, 0.25) is 0 Å². The van der Waals surface area contributed by atoms with Crippen LogP contribution in [0.3, 0.4) is 0 Å². The molecule has 0 bridgehead atoms. The van der Waals surface area contributed by atoms with Gasteiger partial charge in [0, 0.05) is 66.5 Å². The Kier molecular flexibility index (Phi) is 5.39. The van der Waals surface area contributed by atoms with Gasteiger partial charge in [0.1, 0.15) is 5.82 Å². The topological polar surface area (TPSA) is 24.3 Å². The predicted molar refractivity (Wildman–Crippen MR) is 237 cm³/mol. The Balaban J connectivity index is 0.00000757. The molecule has 0 radical (unpaired) electrons. The summed E-state index contributed by atoms with van der Waals surface area (Å²) in [6, 6.07) is 7.40. The van der Waals surface area contributed by atoms with Crippen molar-refractivity contribution < 1.29 is 49.9 Å². The molecule has 58 heavy (non-hydrogen) atoms. The molecule has 0 atom stereocenters. The van der Waals surface area contributed by atoms with Gasteiger partial charge in [-0.15, -0.1) is 17.7 Å². The summed E-state index contributed by atoms with van der Waals surface area (Å²) in [5.74, 6) is 0.130. The standard InChI is InChI=1S/C53H41N4.Pt/c1-53(2,3)41-30-31-54-51(35-41)57-47-25-11-10-22-45(47)46-29-28-38(34-50(46)57)32-37-16-14-21-42(33-37)55-36-56(49-27-13-12-26-48(49)55)52-43(39-17-6-4-7-18-39)23-15-24-44(52)40-19-8-5-9-20-40;/h4-31,35-36H,32H2,1-3H3;/q-3;/i4D,5D,6D,7D,8D,9D,10D,11D,14D,16D,17D,18D,19D,20D,21D,22D,25D,28D,29D,32D2;. The Morgan fingerprint density at radius 1 is 0.655 bits per heavy atom. The summed E-state index contributed by atoms with van der Waals surface area (Å²) >= 11 is 0. The maximum atomic E-state index is 9.80. The molecule has 0 fully saturated rings. The average molecular weight is 950 g/mol. The Morgan fingerprint density at radius 3 is 2.02 bits per heavy atom. The second kappa shape index (κ2) is 15.3. The predicted octanol–water partition coefficient (Wildman–Crippen LogP) is 13.4. The van der Waals surface area contributed by atoms with Crippen molar-refractivity contribution in [1.29, 1.82) is 0 Å². The number of benzene rings is 7. The van der Waals surface area contributed by atoms with Crippen LogP contribution in [-0.2, 0) is 32.9 Å². The minimum absolute atomic E-state index is 0. The van der Waals surface area contributed by atoms with E-state index in [1.165, 1.54) is 45.4 Å². The summed E-state index contributed by atoms with van der Waals surface area (Å²) in [6.45, 7) is 7.19. The fraction of sp³-hybridized carbons (Fsp3) is 0.0943. The van der Waals surface area contributed by atoms with E-state index in [1.807, 2.05) is 20.8 Å². The third-order valence-electron chi connectivity index (χ3n) is 9.55. The zero-order valence-electron chi connectivity index (χ0n) is 52.0. The van der Waals surface area contributed by atoms with Crippen molar-refractivity contribution in [2.45, 2.75) is 32.6 Å². The fourth-order valence-corrected chi connectivity index (χ4v) is 6.90. The third-order valence-corrected chi connectivity index (χ3v) is 9.55. The van der Waals surface area contributed by atoms with E-state index in [9.17, 15) is 8.22 Å². The van der Waals surface area contributed by atoms with Crippen molar-refractivity contribution in [2.75, 3.05) is 9.80 Å². The first-order valence-corrected chi connectivity index (χ1v) is 17.8. The van der Waals surface area contributed by atoms with Gasteiger partial charge in [0.15, 0.2) is 0 Å². The number of rotatable bonds is 7. The molecule has 10 rings (SSSR count). The Bertz CT molecular complexity index is 3970. The van der Waals surface area contributed by atoms with Crippen LogP contribution in [0.15, 0.2) is 176 Å². The first-order valence-electron chi connectivity index (χ1n) is 28.3. The number of para-hydroxylation sites is 4. The summed E-state index contributed by atoms with van der Waals surface area (Å²) in [7, 11) is 0. The van der Waals surface area contributed by atoms with Gasteiger partial charge in [-0.3, -0.25) is 0 Å². The van der Waals surface area contributed by atoms with Gasteiger partial charge in [-0.05, 0) is 68.3 Å². The van der Waals surface area contributed by atoms with Crippen LogP contribution in [0.25, 0.3) is 49.9 Å². The van der Waals surface area contributed by atoms with Crippen LogP contribution >= 0.6 is 0 Å². The molecule has 0 aliphatic carbocycles. The molecule has 0 unspecified atom stereocenters. The van der Waals surface area contributed by atoms with Gasteiger partial charge >= 0.3 is 0 Å². The van der Waals surface area contributed by atoms with Gasteiger partial charge in [-0.1, -0.05) is 135 Å². The van der Waals surface area contributed by atoms with E-state index in [-0.39, 0.29) is 93.7 Å². The maximum Gasteiger partial charge on any atom is 0.135 e. The van der Waals surface area contributed by atoms with Crippen molar-refractivity contribution in [2.24, 2.45) is 0 Å². The number of nitrogens with zero attached hydrogens (tertiary/aromatic N) is 4. The van der Waals surface area contributed by atoms with Gasteiger partial charge in [0.25, 0.3) is 0 Å². The third kappa shape index (κ3) is 6.72. The van der Waals surface area contributed by atoms with E-state index < -0.39 is 138 Å². The minimum Gasteiger partial charge on any atom is -0.493 e. The summed E-state index contributed by atoms with van der Waals surface area (Å²) in [4.78, 5) is 7.30. The first-order chi connectivity index (χ1) is 36.6. The number of fused-ring (bicyclic) bond motifs is 4. The van der Waals surface area contributed by atoms with Crippen molar-refractivity contribution in [1.82, 2.24) is 9.55 Å². The molecule has 0 saturated heterocycles. The van der Waals surface area contributed by atoms with Gasteiger partial charge in [0.2, 0.25) is 0 Å². The summed E-state index contributed by atoms with van der Waals surface area (Å²) < 4.78 is 190. The van der Waals surface area contributed by atoms with Crippen LogP contribution in [-0.4, -0.2) is 9.55 Å². The second-order valence-electron chi connectivity index (χ2n) is 14.1. The number of pyridine rings is 1. The molecule has 4 nitrogen and oxygen atoms in total. The van der Waals surface area contributed by atoms with Crippen molar-refractivity contribution in [3.63, 3.8) is 0 Å². The number of anilines is 4. The van der Waals surface area contributed by atoms with E-state index in [4.69, 9.17) is 20.6 Å². The van der Waals surface area contributed by atoms with Crippen LogP contribution in [0.5, 0.6) is 0 Å². The molecule has 0 N–H and O–H groups in total. The monoisotopic (exact) mass is 949 g/mol. The van der Waals surface area contributed by atoms with Crippen molar-refractivity contribution in [3.05, 3.63) is 211 Å².